The molecule has 12 heavy (non-hydrogen) atoms. The summed E-state index contributed by atoms with van der Waals surface area (Å²) in [5.74, 6) is 0.708. The van der Waals surface area contributed by atoms with Crippen LogP contribution in [0.2, 0.25) is 0 Å². The largest absolute Gasteiger partial charge is 0.353 e. The van der Waals surface area contributed by atoms with Gasteiger partial charge < -0.3 is 9.47 Å². The Labute approximate surface area is 81.1 Å². The van der Waals surface area contributed by atoms with E-state index in [-0.39, 0.29) is 5.79 Å². The standard InChI is InChI=1S/C9H13BrO2/c1-11-9(12-2)5-6-3-7(9)8(10)4-6/h4,6-7H,3,5H2,1-2H3. The van der Waals surface area contributed by atoms with E-state index in [1.54, 1.807) is 14.2 Å². The van der Waals surface area contributed by atoms with Gasteiger partial charge in [0.25, 0.3) is 0 Å². The second kappa shape index (κ2) is 2.82. The lowest BCUT2D eigenvalue weighted by molar-refractivity contribution is -0.221. The molecule has 0 saturated heterocycles. The van der Waals surface area contributed by atoms with Gasteiger partial charge >= 0.3 is 0 Å². The van der Waals surface area contributed by atoms with Gasteiger partial charge in [0.15, 0.2) is 5.79 Å². The van der Waals surface area contributed by atoms with Crippen molar-refractivity contribution >= 4 is 15.9 Å². The van der Waals surface area contributed by atoms with E-state index < -0.39 is 0 Å². The van der Waals surface area contributed by atoms with Gasteiger partial charge in [0.2, 0.25) is 0 Å². The second-order valence-electron chi connectivity index (χ2n) is 3.52. The molecular weight excluding hydrogens is 220 g/mol. The fraction of sp³-hybridized carbons (Fsp3) is 0.778. The maximum atomic E-state index is 5.46. The van der Waals surface area contributed by atoms with E-state index in [4.69, 9.17) is 9.47 Å². The van der Waals surface area contributed by atoms with Gasteiger partial charge in [0.05, 0.1) is 0 Å². The Balaban J connectivity index is 2.27. The van der Waals surface area contributed by atoms with E-state index in [0.717, 1.165) is 6.42 Å². The predicted molar refractivity (Wildman–Crippen MR) is 50.0 cm³/mol. The Hall–Kier alpha value is 0.140. The van der Waals surface area contributed by atoms with E-state index in [2.05, 4.69) is 22.0 Å². The molecule has 0 amide bonds. The van der Waals surface area contributed by atoms with Crippen LogP contribution in [0.1, 0.15) is 12.8 Å². The monoisotopic (exact) mass is 232 g/mol. The summed E-state index contributed by atoms with van der Waals surface area (Å²) in [6, 6.07) is 0. The van der Waals surface area contributed by atoms with Gasteiger partial charge in [0, 0.05) is 26.6 Å². The molecule has 2 nitrogen and oxygen atoms in total. The SMILES string of the molecule is COC1(OC)CC2C=C(Br)C1C2. The van der Waals surface area contributed by atoms with Crippen molar-refractivity contribution in [1.29, 1.82) is 0 Å². The number of allylic oxidation sites excluding steroid dienone is 1. The first-order valence-corrected chi connectivity index (χ1v) is 4.98. The topological polar surface area (TPSA) is 18.5 Å². The minimum atomic E-state index is -0.349. The van der Waals surface area contributed by atoms with Crippen LogP contribution >= 0.6 is 15.9 Å². The van der Waals surface area contributed by atoms with Crippen LogP contribution in [0, 0.1) is 11.8 Å². The van der Waals surface area contributed by atoms with Crippen LogP contribution in [0.3, 0.4) is 0 Å². The van der Waals surface area contributed by atoms with Crippen LogP contribution in [0.4, 0.5) is 0 Å². The minimum absolute atomic E-state index is 0.349. The first kappa shape index (κ1) is 8.73. The highest BCUT2D eigenvalue weighted by Crippen LogP contribution is 2.53. The highest BCUT2D eigenvalue weighted by Gasteiger charge is 2.52. The first-order chi connectivity index (χ1) is 5.72. The summed E-state index contributed by atoms with van der Waals surface area (Å²) in [5, 5.41) is 0. The van der Waals surface area contributed by atoms with Gasteiger partial charge in [-0.05, 0) is 16.8 Å². The zero-order valence-electron chi connectivity index (χ0n) is 7.34. The normalized spacial score (nSPS) is 37.1. The molecule has 2 unspecified atom stereocenters. The lowest BCUT2D eigenvalue weighted by atomic mass is 10.00. The summed E-state index contributed by atoms with van der Waals surface area (Å²) >= 11 is 3.55. The van der Waals surface area contributed by atoms with Gasteiger partial charge in [0.1, 0.15) is 0 Å². The number of rotatable bonds is 2. The quantitative estimate of drug-likeness (QED) is 0.681. The highest BCUT2D eigenvalue weighted by molar-refractivity contribution is 9.11. The van der Waals surface area contributed by atoms with Gasteiger partial charge in [-0.15, -0.1) is 0 Å². The maximum absolute atomic E-state index is 5.46. The van der Waals surface area contributed by atoms with Crippen molar-refractivity contribution in [2.75, 3.05) is 14.2 Å². The molecule has 0 aromatic heterocycles. The van der Waals surface area contributed by atoms with Crippen molar-refractivity contribution in [2.24, 2.45) is 11.8 Å². The Morgan fingerprint density at radius 1 is 1.50 bits per heavy atom. The fourth-order valence-electron chi connectivity index (χ4n) is 2.40. The number of fused-ring (bicyclic) bond motifs is 2. The highest BCUT2D eigenvalue weighted by atomic mass is 79.9. The molecule has 1 fully saturated rings. The number of methoxy groups -OCH3 is 2. The molecule has 68 valence electrons. The average Bonchev–Trinajstić information content (AvgIpc) is 2.60. The van der Waals surface area contributed by atoms with Gasteiger partial charge in [-0.1, -0.05) is 22.0 Å². The van der Waals surface area contributed by atoms with E-state index in [1.165, 1.54) is 10.9 Å². The van der Waals surface area contributed by atoms with E-state index in [1.807, 2.05) is 0 Å². The van der Waals surface area contributed by atoms with Crippen LogP contribution in [0.25, 0.3) is 0 Å². The van der Waals surface area contributed by atoms with Crippen molar-refractivity contribution in [3.8, 4) is 0 Å². The summed E-state index contributed by atoms with van der Waals surface area (Å²) in [4.78, 5) is 0. The first-order valence-electron chi connectivity index (χ1n) is 4.19. The van der Waals surface area contributed by atoms with Crippen molar-refractivity contribution in [1.82, 2.24) is 0 Å². The van der Waals surface area contributed by atoms with Crippen molar-refractivity contribution in [2.45, 2.75) is 18.6 Å². The molecule has 2 bridgehead atoms. The van der Waals surface area contributed by atoms with E-state index in [0.29, 0.717) is 11.8 Å². The van der Waals surface area contributed by atoms with Gasteiger partial charge in [-0.25, -0.2) is 0 Å². The number of hydrogen-bond acceptors (Lipinski definition) is 2. The smallest absolute Gasteiger partial charge is 0.175 e. The fourth-order valence-corrected chi connectivity index (χ4v) is 3.31. The second-order valence-corrected chi connectivity index (χ2v) is 4.44. The molecule has 0 aliphatic heterocycles. The molecular formula is C9H13BrO2. The molecule has 0 heterocycles. The third-order valence-electron chi connectivity index (χ3n) is 3.03. The molecule has 3 heteroatoms. The molecule has 1 saturated carbocycles. The zero-order valence-corrected chi connectivity index (χ0v) is 8.93. The summed E-state index contributed by atoms with van der Waals surface area (Å²) < 4.78 is 12.2. The molecule has 2 atom stereocenters. The Bertz CT molecular complexity index is 221. The third kappa shape index (κ3) is 0.998. The van der Waals surface area contributed by atoms with Crippen LogP contribution in [-0.2, 0) is 9.47 Å². The van der Waals surface area contributed by atoms with E-state index in [9.17, 15) is 0 Å². The third-order valence-corrected chi connectivity index (χ3v) is 3.85. The van der Waals surface area contributed by atoms with Crippen molar-refractivity contribution in [3.63, 3.8) is 0 Å². The average molecular weight is 233 g/mol. The summed E-state index contributed by atoms with van der Waals surface area (Å²) in [6.45, 7) is 0. The molecule has 2 aliphatic carbocycles. The molecule has 0 aromatic carbocycles. The van der Waals surface area contributed by atoms with Crippen molar-refractivity contribution < 1.29 is 9.47 Å². The molecule has 0 N–H and O–H groups in total. The van der Waals surface area contributed by atoms with Crippen molar-refractivity contribution in [3.05, 3.63) is 10.6 Å². The Kier molecular flexibility index (Phi) is 2.05. The summed E-state index contributed by atoms with van der Waals surface area (Å²) in [7, 11) is 3.45. The number of hydrogen-bond donors (Lipinski definition) is 0. The lowest BCUT2D eigenvalue weighted by Gasteiger charge is -2.33. The molecule has 2 rings (SSSR count). The van der Waals surface area contributed by atoms with Crippen LogP contribution in [0.5, 0.6) is 0 Å². The van der Waals surface area contributed by atoms with E-state index >= 15 is 0 Å². The zero-order chi connectivity index (χ0) is 8.77. The van der Waals surface area contributed by atoms with Gasteiger partial charge in [-0.3, -0.25) is 0 Å². The summed E-state index contributed by atoms with van der Waals surface area (Å²) in [5.41, 5.74) is 0. The molecule has 0 radical (unpaired) electrons. The minimum Gasteiger partial charge on any atom is -0.353 e. The molecule has 0 aromatic rings. The van der Waals surface area contributed by atoms with Crippen LogP contribution in [0.15, 0.2) is 10.6 Å². The number of ether oxygens (including phenoxy) is 2. The van der Waals surface area contributed by atoms with Crippen LogP contribution < -0.4 is 0 Å². The van der Waals surface area contributed by atoms with Crippen LogP contribution in [-0.4, -0.2) is 20.0 Å². The maximum Gasteiger partial charge on any atom is 0.175 e. The molecule has 2 aliphatic rings. The summed E-state index contributed by atoms with van der Waals surface area (Å²) in [6.07, 6.45) is 4.45. The van der Waals surface area contributed by atoms with Gasteiger partial charge in [-0.2, -0.15) is 0 Å². The lowest BCUT2D eigenvalue weighted by Crippen LogP contribution is -2.39. The predicted octanol–water partition coefficient (Wildman–Crippen LogP) is 2.29. The Morgan fingerprint density at radius 2 is 2.17 bits per heavy atom. The Morgan fingerprint density at radius 3 is 2.50 bits per heavy atom. The number of halogens is 1. The molecule has 0 spiro atoms.